The van der Waals surface area contributed by atoms with E-state index < -0.39 is 17.9 Å². The summed E-state index contributed by atoms with van der Waals surface area (Å²) >= 11 is 2.38. The van der Waals surface area contributed by atoms with Crippen molar-refractivity contribution < 1.29 is 18.0 Å². The Labute approximate surface area is 191 Å². The van der Waals surface area contributed by atoms with E-state index in [4.69, 9.17) is 0 Å². The summed E-state index contributed by atoms with van der Waals surface area (Å²) in [6, 6.07) is 11.9. The number of nitrogens with zero attached hydrogens (tertiary/aromatic N) is 3. The Balaban J connectivity index is 1.59. The highest BCUT2D eigenvalue weighted by Gasteiger charge is 2.35. The number of hydrogen-bond donors (Lipinski definition) is 1. The van der Waals surface area contributed by atoms with Crippen molar-refractivity contribution in [2.24, 2.45) is 0 Å². The van der Waals surface area contributed by atoms with Gasteiger partial charge >= 0.3 is 6.18 Å². The summed E-state index contributed by atoms with van der Waals surface area (Å²) in [5, 5.41) is 3.20. The summed E-state index contributed by atoms with van der Waals surface area (Å²) < 4.78 is 39.5. The van der Waals surface area contributed by atoms with Crippen molar-refractivity contribution in [2.75, 3.05) is 23.0 Å². The van der Waals surface area contributed by atoms with Crippen molar-refractivity contribution >= 4 is 40.1 Å². The van der Waals surface area contributed by atoms with Gasteiger partial charge in [0.05, 0.1) is 16.9 Å². The highest BCUT2D eigenvalue weighted by Crippen LogP contribution is 2.43. The summed E-state index contributed by atoms with van der Waals surface area (Å²) in [7, 11) is 1.80. The molecule has 0 amide bonds. The number of alkyl halides is 3. The first kappa shape index (κ1) is 22.5. The maximum atomic E-state index is 13.2. The quantitative estimate of drug-likeness (QED) is 0.447. The van der Waals surface area contributed by atoms with E-state index in [2.05, 4.69) is 15.3 Å². The lowest BCUT2D eigenvalue weighted by molar-refractivity contribution is -0.138. The van der Waals surface area contributed by atoms with Gasteiger partial charge in [-0.25, -0.2) is 4.98 Å². The summed E-state index contributed by atoms with van der Waals surface area (Å²) in [4.78, 5) is 24.1. The van der Waals surface area contributed by atoms with Crippen LogP contribution in [0.25, 0.3) is 0 Å². The summed E-state index contributed by atoms with van der Waals surface area (Å²) in [5.74, 6) is 1.25. The number of halogens is 3. The predicted molar refractivity (Wildman–Crippen MR) is 121 cm³/mol. The van der Waals surface area contributed by atoms with E-state index in [1.807, 2.05) is 24.0 Å². The molecule has 0 aliphatic carbocycles. The lowest BCUT2D eigenvalue weighted by Gasteiger charge is -2.23. The van der Waals surface area contributed by atoms with Crippen LogP contribution < -0.4 is 10.2 Å². The van der Waals surface area contributed by atoms with Gasteiger partial charge in [-0.15, -0.1) is 11.8 Å². The first-order chi connectivity index (χ1) is 15.3. The zero-order valence-electron chi connectivity index (χ0n) is 17.2. The standard InChI is InChI=1S/C22H19F3N4OS2/c1-3-31-17-9-14(22(23,24)25)11-26-18(17)20-28-16-10-15(12-27-19(16)29(20)2)32-21(30)13-7-5-4-6-8-13/h4-12,20,28H,3H2,1-2H3. The molecule has 4 rings (SSSR count). The smallest absolute Gasteiger partial charge is 0.357 e. The molecule has 0 bridgehead atoms. The molecule has 3 aromatic rings. The number of fused-ring (bicyclic) bond motifs is 1. The average molecular weight is 477 g/mol. The molecule has 0 saturated carbocycles. The van der Waals surface area contributed by atoms with Crippen LogP contribution in [-0.2, 0) is 6.18 Å². The SMILES string of the molecule is CCSc1cc(C(F)(F)F)cnc1C1Nc2cc(SC(=O)c3ccccc3)cnc2N1C. The van der Waals surface area contributed by atoms with Gasteiger partial charge in [0.2, 0.25) is 5.12 Å². The van der Waals surface area contributed by atoms with E-state index in [9.17, 15) is 18.0 Å². The topological polar surface area (TPSA) is 58.1 Å². The van der Waals surface area contributed by atoms with Gasteiger partial charge in [0.25, 0.3) is 0 Å². The number of nitrogens with one attached hydrogen (secondary N) is 1. The van der Waals surface area contributed by atoms with Crippen LogP contribution in [0.4, 0.5) is 24.7 Å². The van der Waals surface area contributed by atoms with E-state index in [0.29, 0.717) is 38.3 Å². The van der Waals surface area contributed by atoms with Crippen LogP contribution >= 0.6 is 23.5 Å². The minimum atomic E-state index is -4.45. The summed E-state index contributed by atoms with van der Waals surface area (Å²) in [5.41, 5.74) is 1.01. The molecule has 166 valence electrons. The van der Waals surface area contributed by atoms with E-state index >= 15 is 0 Å². The molecule has 1 atom stereocenters. The molecular formula is C22H19F3N4OS2. The molecule has 5 nitrogen and oxygen atoms in total. The Kier molecular flexibility index (Phi) is 6.34. The van der Waals surface area contributed by atoms with Gasteiger partial charge in [-0.2, -0.15) is 13.2 Å². The third-order valence-corrected chi connectivity index (χ3v) is 6.65. The highest BCUT2D eigenvalue weighted by molar-refractivity contribution is 8.14. The maximum absolute atomic E-state index is 13.2. The van der Waals surface area contributed by atoms with Gasteiger partial charge in [-0.3, -0.25) is 9.78 Å². The molecule has 0 saturated heterocycles. The number of benzene rings is 1. The molecule has 2 aromatic heterocycles. The lowest BCUT2D eigenvalue weighted by atomic mass is 10.2. The molecule has 1 aliphatic rings. The molecule has 32 heavy (non-hydrogen) atoms. The fraction of sp³-hybridized carbons (Fsp3) is 0.227. The zero-order valence-corrected chi connectivity index (χ0v) is 18.8. The van der Waals surface area contributed by atoms with Crippen molar-refractivity contribution in [2.45, 2.75) is 29.1 Å². The number of anilines is 2. The highest BCUT2D eigenvalue weighted by atomic mass is 32.2. The van der Waals surface area contributed by atoms with Gasteiger partial charge in [0.15, 0.2) is 5.82 Å². The largest absolute Gasteiger partial charge is 0.417 e. The van der Waals surface area contributed by atoms with Crippen LogP contribution in [0.3, 0.4) is 0 Å². The van der Waals surface area contributed by atoms with Gasteiger partial charge < -0.3 is 10.2 Å². The molecule has 0 spiro atoms. The third kappa shape index (κ3) is 4.56. The predicted octanol–water partition coefficient (Wildman–Crippen LogP) is 6.10. The Morgan fingerprint density at radius 1 is 1.16 bits per heavy atom. The van der Waals surface area contributed by atoms with Crippen molar-refractivity contribution in [3.8, 4) is 0 Å². The van der Waals surface area contributed by atoms with Gasteiger partial charge in [0.1, 0.15) is 6.17 Å². The maximum Gasteiger partial charge on any atom is 0.417 e. The van der Waals surface area contributed by atoms with Crippen LogP contribution in [0.1, 0.15) is 34.7 Å². The van der Waals surface area contributed by atoms with Crippen LogP contribution in [0.2, 0.25) is 0 Å². The van der Waals surface area contributed by atoms with Crippen molar-refractivity contribution in [1.82, 2.24) is 9.97 Å². The van der Waals surface area contributed by atoms with Crippen LogP contribution in [0.15, 0.2) is 64.6 Å². The normalized spacial score (nSPS) is 15.4. The Hall–Kier alpha value is -2.72. The molecular weight excluding hydrogens is 457 g/mol. The number of thioether (sulfide) groups is 2. The fourth-order valence-corrected chi connectivity index (χ4v) is 4.91. The van der Waals surface area contributed by atoms with Crippen molar-refractivity contribution in [3.05, 3.63) is 71.7 Å². The summed E-state index contributed by atoms with van der Waals surface area (Å²) in [6.45, 7) is 1.88. The van der Waals surface area contributed by atoms with Gasteiger partial charge in [-0.05, 0) is 29.6 Å². The minimum Gasteiger partial charge on any atom is -0.357 e. The summed E-state index contributed by atoms with van der Waals surface area (Å²) in [6.07, 6.45) is -2.45. The lowest BCUT2D eigenvalue weighted by Crippen LogP contribution is -2.26. The minimum absolute atomic E-state index is 0.0960. The van der Waals surface area contributed by atoms with Crippen LogP contribution in [-0.4, -0.2) is 27.9 Å². The Bertz CT molecular complexity index is 1140. The molecule has 1 aliphatic heterocycles. The fourth-order valence-electron chi connectivity index (χ4n) is 3.33. The van der Waals surface area contributed by atoms with E-state index in [0.717, 1.165) is 24.0 Å². The van der Waals surface area contributed by atoms with Gasteiger partial charge in [0, 0.05) is 34.8 Å². The number of hydrogen-bond acceptors (Lipinski definition) is 7. The third-order valence-electron chi connectivity index (χ3n) is 4.84. The number of rotatable bonds is 5. The van der Waals surface area contributed by atoms with Crippen molar-refractivity contribution in [1.29, 1.82) is 0 Å². The van der Waals surface area contributed by atoms with Gasteiger partial charge in [-0.1, -0.05) is 37.3 Å². The average Bonchev–Trinajstić information content (AvgIpc) is 3.09. The van der Waals surface area contributed by atoms with E-state index in [1.54, 1.807) is 37.5 Å². The first-order valence-electron chi connectivity index (χ1n) is 9.74. The number of pyridine rings is 2. The second-order valence-electron chi connectivity index (χ2n) is 6.99. The number of aromatic nitrogens is 2. The Morgan fingerprint density at radius 3 is 2.59 bits per heavy atom. The van der Waals surface area contributed by atoms with Crippen molar-refractivity contribution in [3.63, 3.8) is 0 Å². The van der Waals surface area contributed by atoms with Crippen LogP contribution in [0, 0.1) is 0 Å². The molecule has 1 aromatic carbocycles. The molecule has 0 radical (unpaired) electrons. The number of carbonyl (C=O) groups excluding carboxylic acids is 1. The Morgan fingerprint density at radius 2 is 1.91 bits per heavy atom. The van der Waals surface area contributed by atoms with Crippen LogP contribution in [0.5, 0.6) is 0 Å². The zero-order chi connectivity index (χ0) is 22.9. The number of carbonyl (C=O) groups is 1. The van der Waals surface area contributed by atoms with E-state index in [1.165, 1.54) is 11.8 Å². The monoisotopic (exact) mass is 476 g/mol. The first-order valence-corrected chi connectivity index (χ1v) is 11.5. The molecule has 0 fully saturated rings. The second-order valence-corrected chi connectivity index (χ2v) is 9.35. The van der Waals surface area contributed by atoms with E-state index in [-0.39, 0.29) is 5.12 Å². The molecule has 3 heterocycles. The molecule has 1 N–H and O–H groups in total. The molecule has 1 unspecified atom stereocenters. The second kappa shape index (κ2) is 9.03. The molecule has 10 heteroatoms.